The molecule has 0 amide bonds. The predicted molar refractivity (Wildman–Crippen MR) is 67.8 cm³/mol. The van der Waals surface area contributed by atoms with E-state index in [1.807, 2.05) is 32.0 Å². The van der Waals surface area contributed by atoms with Crippen LogP contribution >= 0.6 is 0 Å². The molecular formula is C13H17NO4. The fourth-order valence-corrected chi connectivity index (χ4v) is 1.78. The van der Waals surface area contributed by atoms with Crippen molar-refractivity contribution in [1.82, 2.24) is 0 Å². The molecule has 1 unspecified atom stereocenters. The first-order valence-corrected chi connectivity index (χ1v) is 5.66. The van der Waals surface area contributed by atoms with Crippen LogP contribution in [-0.2, 0) is 9.59 Å². The van der Waals surface area contributed by atoms with Crippen molar-refractivity contribution in [3.05, 3.63) is 29.3 Å². The van der Waals surface area contributed by atoms with E-state index >= 15 is 0 Å². The molecule has 1 aromatic carbocycles. The summed E-state index contributed by atoms with van der Waals surface area (Å²) in [5.41, 5.74) is 2.89. The minimum absolute atomic E-state index is 0.104. The molecule has 0 radical (unpaired) electrons. The van der Waals surface area contributed by atoms with Crippen molar-refractivity contribution in [1.29, 1.82) is 0 Å². The number of aliphatic carboxylic acids is 2. The van der Waals surface area contributed by atoms with E-state index in [2.05, 4.69) is 5.32 Å². The SMILES string of the molecule is Cc1cccc(C)c1NCC(CC(=O)O)C(=O)O. The van der Waals surface area contributed by atoms with Crippen LogP contribution in [0.4, 0.5) is 5.69 Å². The number of carboxylic acid groups (broad SMARTS) is 2. The molecule has 0 aliphatic carbocycles. The third-order valence-electron chi connectivity index (χ3n) is 2.78. The molecule has 0 aliphatic rings. The second-order valence-electron chi connectivity index (χ2n) is 4.28. The highest BCUT2D eigenvalue weighted by molar-refractivity contribution is 5.78. The number of carboxylic acids is 2. The summed E-state index contributed by atoms with van der Waals surface area (Å²) in [5.74, 6) is -3.14. The zero-order valence-electron chi connectivity index (χ0n) is 10.4. The molecule has 5 heteroatoms. The Morgan fingerprint density at radius 2 is 1.78 bits per heavy atom. The zero-order valence-corrected chi connectivity index (χ0v) is 10.4. The second-order valence-corrected chi connectivity index (χ2v) is 4.28. The summed E-state index contributed by atoms with van der Waals surface area (Å²) >= 11 is 0. The average Bonchev–Trinajstić information content (AvgIpc) is 2.26. The molecule has 0 fully saturated rings. The fraction of sp³-hybridized carbons (Fsp3) is 0.385. The number of aryl methyl sites for hydroxylation is 2. The maximum atomic E-state index is 10.9. The fourth-order valence-electron chi connectivity index (χ4n) is 1.78. The Morgan fingerprint density at radius 1 is 1.22 bits per heavy atom. The van der Waals surface area contributed by atoms with Gasteiger partial charge >= 0.3 is 11.9 Å². The molecule has 0 spiro atoms. The van der Waals surface area contributed by atoms with Crippen molar-refractivity contribution >= 4 is 17.6 Å². The smallest absolute Gasteiger partial charge is 0.308 e. The molecule has 1 rings (SSSR count). The van der Waals surface area contributed by atoms with Crippen molar-refractivity contribution in [2.75, 3.05) is 11.9 Å². The lowest BCUT2D eigenvalue weighted by molar-refractivity contribution is -0.147. The largest absolute Gasteiger partial charge is 0.481 e. The lowest BCUT2D eigenvalue weighted by Crippen LogP contribution is -2.26. The van der Waals surface area contributed by atoms with Crippen LogP contribution in [-0.4, -0.2) is 28.7 Å². The number of anilines is 1. The van der Waals surface area contributed by atoms with Crippen LogP contribution in [0.25, 0.3) is 0 Å². The molecule has 0 aliphatic heterocycles. The molecule has 5 nitrogen and oxygen atoms in total. The molecule has 0 saturated heterocycles. The molecular weight excluding hydrogens is 234 g/mol. The highest BCUT2D eigenvalue weighted by Gasteiger charge is 2.21. The summed E-state index contributed by atoms with van der Waals surface area (Å²) in [7, 11) is 0. The number of benzene rings is 1. The number of nitrogens with one attached hydrogen (secondary N) is 1. The van der Waals surface area contributed by atoms with Gasteiger partial charge in [0.2, 0.25) is 0 Å². The van der Waals surface area contributed by atoms with Crippen LogP contribution in [0.2, 0.25) is 0 Å². The number of hydrogen-bond donors (Lipinski definition) is 3. The van der Waals surface area contributed by atoms with E-state index in [-0.39, 0.29) is 13.0 Å². The highest BCUT2D eigenvalue weighted by Crippen LogP contribution is 2.20. The first-order chi connectivity index (χ1) is 8.41. The highest BCUT2D eigenvalue weighted by atomic mass is 16.4. The zero-order chi connectivity index (χ0) is 13.7. The van der Waals surface area contributed by atoms with E-state index in [1.165, 1.54) is 0 Å². The summed E-state index contributed by atoms with van der Waals surface area (Å²) in [5, 5.41) is 20.6. The summed E-state index contributed by atoms with van der Waals surface area (Å²) in [6.07, 6.45) is -0.382. The van der Waals surface area contributed by atoms with Gasteiger partial charge in [-0.3, -0.25) is 9.59 Å². The molecule has 0 bridgehead atoms. The van der Waals surface area contributed by atoms with Crippen LogP contribution in [0.15, 0.2) is 18.2 Å². The van der Waals surface area contributed by atoms with Crippen LogP contribution in [0.1, 0.15) is 17.5 Å². The van der Waals surface area contributed by atoms with Gasteiger partial charge in [0.15, 0.2) is 0 Å². The van der Waals surface area contributed by atoms with Crippen molar-refractivity contribution in [3.63, 3.8) is 0 Å². The molecule has 98 valence electrons. The summed E-state index contributed by atoms with van der Waals surface area (Å²) in [6.45, 7) is 3.94. The van der Waals surface area contributed by atoms with Crippen molar-refractivity contribution in [2.45, 2.75) is 20.3 Å². The van der Waals surface area contributed by atoms with Gasteiger partial charge in [-0.25, -0.2) is 0 Å². The van der Waals surface area contributed by atoms with Crippen molar-refractivity contribution in [2.24, 2.45) is 5.92 Å². The van der Waals surface area contributed by atoms with E-state index < -0.39 is 17.9 Å². The van der Waals surface area contributed by atoms with Gasteiger partial charge in [0.05, 0.1) is 12.3 Å². The molecule has 18 heavy (non-hydrogen) atoms. The Kier molecular flexibility index (Phi) is 4.71. The Hall–Kier alpha value is -2.04. The Labute approximate surface area is 105 Å². The molecule has 1 aromatic rings. The third-order valence-corrected chi connectivity index (χ3v) is 2.78. The predicted octanol–water partition coefficient (Wildman–Crippen LogP) is 1.89. The van der Waals surface area contributed by atoms with Crippen LogP contribution < -0.4 is 5.32 Å². The van der Waals surface area contributed by atoms with Crippen LogP contribution in [0.3, 0.4) is 0 Å². The van der Waals surface area contributed by atoms with E-state index in [0.29, 0.717) is 0 Å². The maximum Gasteiger partial charge on any atom is 0.308 e. The standard InChI is InChI=1S/C13H17NO4/c1-8-4-3-5-9(2)12(8)14-7-10(13(17)18)6-11(15)16/h3-5,10,14H,6-7H2,1-2H3,(H,15,16)(H,17,18). The lowest BCUT2D eigenvalue weighted by atomic mass is 10.0. The van der Waals surface area contributed by atoms with Crippen molar-refractivity contribution in [3.8, 4) is 0 Å². The summed E-state index contributed by atoms with van der Waals surface area (Å²) in [4.78, 5) is 21.5. The monoisotopic (exact) mass is 251 g/mol. The number of rotatable bonds is 6. The Bertz CT molecular complexity index is 436. The summed E-state index contributed by atoms with van der Waals surface area (Å²) in [6, 6.07) is 5.76. The molecule has 1 atom stereocenters. The van der Waals surface area contributed by atoms with Gasteiger partial charge < -0.3 is 15.5 Å². The normalized spacial score (nSPS) is 11.9. The molecule has 0 aromatic heterocycles. The Balaban J connectivity index is 2.73. The van der Waals surface area contributed by atoms with E-state index in [9.17, 15) is 9.59 Å². The minimum Gasteiger partial charge on any atom is -0.481 e. The van der Waals surface area contributed by atoms with Crippen LogP contribution in [0.5, 0.6) is 0 Å². The molecule has 0 heterocycles. The topological polar surface area (TPSA) is 86.6 Å². The molecule has 0 saturated carbocycles. The van der Waals surface area contributed by atoms with Gasteiger partial charge in [0, 0.05) is 12.2 Å². The first-order valence-electron chi connectivity index (χ1n) is 5.66. The van der Waals surface area contributed by atoms with E-state index in [4.69, 9.17) is 10.2 Å². The van der Waals surface area contributed by atoms with E-state index in [0.717, 1.165) is 16.8 Å². The van der Waals surface area contributed by atoms with Gasteiger partial charge in [-0.15, -0.1) is 0 Å². The minimum atomic E-state index is -1.11. The van der Waals surface area contributed by atoms with Gasteiger partial charge in [0.25, 0.3) is 0 Å². The van der Waals surface area contributed by atoms with Crippen molar-refractivity contribution < 1.29 is 19.8 Å². The number of hydrogen-bond acceptors (Lipinski definition) is 3. The number of carbonyl (C=O) groups is 2. The van der Waals surface area contributed by atoms with Gasteiger partial charge in [-0.05, 0) is 25.0 Å². The third kappa shape index (κ3) is 3.76. The van der Waals surface area contributed by atoms with Gasteiger partial charge in [-0.2, -0.15) is 0 Å². The van der Waals surface area contributed by atoms with E-state index in [1.54, 1.807) is 0 Å². The molecule has 3 N–H and O–H groups in total. The lowest BCUT2D eigenvalue weighted by Gasteiger charge is -2.16. The summed E-state index contributed by atoms with van der Waals surface area (Å²) < 4.78 is 0. The van der Waals surface area contributed by atoms with Gasteiger partial charge in [-0.1, -0.05) is 18.2 Å². The maximum absolute atomic E-state index is 10.9. The quantitative estimate of drug-likeness (QED) is 0.718. The Morgan fingerprint density at radius 3 is 2.22 bits per heavy atom. The second kappa shape index (κ2) is 6.05. The van der Waals surface area contributed by atoms with Gasteiger partial charge in [0.1, 0.15) is 0 Å². The first kappa shape index (κ1) is 14.0. The average molecular weight is 251 g/mol. The van der Waals surface area contributed by atoms with Crippen LogP contribution in [0, 0.1) is 19.8 Å². The number of para-hydroxylation sites is 1.